The summed E-state index contributed by atoms with van der Waals surface area (Å²) in [5, 5.41) is 0. The molecule has 0 bridgehead atoms. The molecule has 0 aliphatic carbocycles. The number of benzene rings is 1. The first-order valence-corrected chi connectivity index (χ1v) is 7.58. The fraction of sp³-hybridized carbons (Fsp3) is 0.600. The summed E-state index contributed by atoms with van der Waals surface area (Å²) in [4.78, 5) is 4.89. The number of piperazine rings is 1. The van der Waals surface area contributed by atoms with E-state index in [1.807, 2.05) is 0 Å². The monoisotopic (exact) mass is 325 g/mol. The Labute approximate surface area is 124 Å². The Balaban J connectivity index is 2.35. The van der Waals surface area contributed by atoms with Gasteiger partial charge >= 0.3 is 0 Å². The van der Waals surface area contributed by atoms with E-state index >= 15 is 0 Å². The average molecular weight is 326 g/mol. The highest BCUT2D eigenvalue weighted by Gasteiger charge is 2.36. The highest BCUT2D eigenvalue weighted by molar-refractivity contribution is 9.10. The van der Waals surface area contributed by atoms with Gasteiger partial charge in [0.1, 0.15) is 0 Å². The van der Waals surface area contributed by atoms with Crippen LogP contribution in [0.25, 0.3) is 0 Å². The molecule has 1 heterocycles. The van der Waals surface area contributed by atoms with Gasteiger partial charge in [-0.25, -0.2) is 0 Å². The van der Waals surface area contributed by atoms with Crippen LogP contribution in [0.15, 0.2) is 22.7 Å². The molecule has 1 aromatic rings. The summed E-state index contributed by atoms with van der Waals surface area (Å²) in [6.45, 7) is 9.46. The lowest BCUT2D eigenvalue weighted by Gasteiger charge is -2.51. The van der Waals surface area contributed by atoms with Crippen molar-refractivity contribution in [2.75, 3.05) is 31.6 Å². The summed E-state index contributed by atoms with van der Waals surface area (Å²) >= 11 is 3.53. The molecule has 3 nitrogen and oxygen atoms in total. The maximum absolute atomic E-state index is 5.98. The minimum atomic E-state index is 0.172. The standard InChI is InChI=1S/C15H24BrN3/c1-11-7-12(16)5-6-14(11)19-10-15(2,3)18(4)9-13(19)8-17/h5-7,13H,8-10,17H2,1-4H3. The first-order valence-electron chi connectivity index (χ1n) is 6.79. The second-order valence-corrected chi connectivity index (χ2v) is 7.06. The minimum absolute atomic E-state index is 0.172. The number of halogens is 1. The molecule has 1 aliphatic rings. The third-order valence-electron chi connectivity index (χ3n) is 4.26. The Morgan fingerprint density at radius 2 is 2.11 bits per heavy atom. The SMILES string of the molecule is Cc1cc(Br)ccc1N1CC(C)(C)N(C)CC1CN. The van der Waals surface area contributed by atoms with E-state index in [9.17, 15) is 0 Å². The van der Waals surface area contributed by atoms with Crippen LogP contribution in [0.2, 0.25) is 0 Å². The van der Waals surface area contributed by atoms with Crippen LogP contribution in [0.1, 0.15) is 19.4 Å². The summed E-state index contributed by atoms with van der Waals surface area (Å²) < 4.78 is 1.13. The number of hydrogen-bond donors (Lipinski definition) is 1. The van der Waals surface area contributed by atoms with E-state index in [1.165, 1.54) is 11.3 Å². The van der Waals surface area contributed by atoms with E-state index < -0.39 is 0 Å². The second kappa shape index (κ2) is 5.43. The van der Waals surface area contributed by atoms with Gasteiger partial charge in [0.05, 0.1) is 6.04 Å². The van der Waals surface area contributed by atoms with Gasteiger partial charge in [-0.1, -0.05) is 15.9 Å². The van der Waals surface area contributed by atoms with Crippen LogP contribution < -0.4 is 10.6 Å². The van der Waals surface area contributed by atoms with Gasteiger partial charge in [0.2, 0.25) is 0 Å². The highest BCUT2D eigenvalue weighted by atomic mass is 79.9. The lowest BCUT2D eigenvalue weighted by Crippen LogP contribution is -2.64. The molecule has 0 spiro atoms. The third kappa shape index (κ3) is 2.96. The van der Waals surface area contributed by atoms with Crippen LogP contribution in [0.3, 0.4) is 0 Å². The van der Waals surface area contributed by atoms with E-state index in [-0.39, 0.29) is 5.54 Å². The Bertz CT molecular complexity index is 459. The minimum Gasteiger partial charge on any atom is -0.364 e. The van der Waals surface area contributed by atoms with Gasteiger partial charge in [-0.15, -0.1) is 0 Å². The Hall–Kier alpha value is -0.580. The van der Waals surface area contributed by atoms with Crippen molar-refractivity contribution >= 4 is 21.6 Å². The van der Waals surface area contributed by atoms with Gasteiger partial charge in [-0.05, 0) is 51.6 Å². The molecule has 1 fully saturated rings. The summed E-state index contributed by atoms with van der Waals surface area (Å²) in [6, 6.07) is 6.87. The number of rotatable bonds is 2. The number of anilines is 1. The van der Waals surface area contributed by atoms with Crippen molar-refractivity contribution in [3.05, 3.63) is 28.2 Å². The fourth-order valence-corrected chi connectivity index (χ4v) is 3.23. The molecule has 0 amide bonds. The van der Waals surface area contributed by atoms with E-state index in [0.717, 1.165) is 17.6 Å². The molecule has 1 saturated heterocycles. The molecule has 1 aromatic carbocycles. The van der Waals surface area contributed by atoms with Crippen LogP contribution in [0, 0.1) is 6.92 Å². The van der Waals surface area contributed by atoms with E-state index in [0.29, 0.717) is 12.6 Å². The van der Waals surface area contributed by atoms with Crippen molar-refractivity contribution in [3.63, 3.8) is 0 Å². The van der Waals surface area contributed by atoms with Gasteiger partial charge in [0.25, 0.3) is 0 Å². The summed E-state index contributed by atoms with van der Waals surface area (Å²) in [6.07, 6.45) is 0. The van der Waals surface area contributed by atoms with E-state index in [1.54, 1.807) is 0 Å². The van der Waals surface area contributed by atoms with Crippen LogP contribution in [-0.2, 0) is 0 Å². The molecule has 2 rings (SSSR count). The zero-order valence-electron chi connectivity index (χ0n) is 12.3. The lowest BCUT2D eigenvalue weighted by atomic mass is 9.95. The van der Waals surface area contributed by atoms with Gasteiger partial charge in [0, 0.05) is 35.3 Å². The first kappa shape index (κ1) is 14.8. The highest BCUT2D eigenvalue weighted by Crippen LogP contribution is 2.31. The summed E-state index contributed by atoms with van der Waals surface area (Å²) in [5.41, 5.74) is 8.76. The Morgan fingerprint density at radius 3 is 2.68 bits per heavy atom. The molecule has 19 heavy (non-hydrogen) atoms. The maximum atomic E-state index is 5.98. The number of nitrogens with two attached hydrogens (primary N) is 1. The molecule has 4 heteroatoms. The van der Waals surface area contributed by atoms with Gasteiger partial charge < -0.3 is 10.6 Å². The number of hydrogen-bond acceptors (Lipinski definition) is 3. The van der Waals surface area contributed by atoms with Crippen molar-refractivity contribution in [3.8, 4) is 0 Å². The smallest absolute Gasteiger partial charge is 0.0540 e. The van der Waals surface area contributed by atoms with E-state index in [4.69, 9.17) is 5.73 Å². The van der Waals surface area contributed by atoms with Crippen molar-refractivity contribution in [1.82, 2.24) is 4.90 Å². The molecule has 0 aromatic heterocycles. The molecule has 106 valence electrons. The molecule has 1 atom stereocenters. The number of aryl methyl sites for hydroxylation is 1. The van der Waals surface area contributed by atoms with Crippen molar-refractivity contribution < 1.29 is 0 Å². The molecule has 1 unspecified atom stereocenters. The molecule has 2 N–H and O–H groups in total. The zero-order chi connectivity index (χ0) is 14.2. The third-order valence-corrected chi connectivity index (χ3v) is 4.75. The van der Waals surface area contributed by atoms with Crippen LogP contribution >= 0.6 is 15.9 Å². The Morgan fingerprint density at radius 1 is 1.42 bits per heavy atom. The second-order valence-electron chi connectivity index (χ2n) is 6.14. The lowest BCUT2D eigenvalue weighted by molar-refractivity contribution is 0.116. The molecular formula is C15H24BrN3. The molecule has 1 aliphatic heterocycles. The zero-order valence-corrected chi connectivity index (χ0v) is 13.9. The molecule has 0 radical (unpaired) electrons. The topological polar surface area (TPSA) is 32.5 Å². The molecular weight excluding hydrogens is 302 g/mol. The predicted octanol–water partition coefficient (Wildman–Crippen LogP) is 2.62. The van der Waals surface area contributed by atoms with Gasteiger partial charge in [0.15, 0.2) is 0 Å². The van der Waals surface area contributed by atoms with Gasteiger partial charge in [-0.2, -0.15) is 0 Å². The largest absolute Gasteiger partial charge is 0.364 e. The van der Waals surface area contributed by atoms with E-state index in [2.05, 4.69) is 71.7 Å². The average Bonchev–Trinajstić information content (AvgIpc) is 2.32. The van der Waals surface area contributed by atoms with Crippen LogP contribution in [0.5, 0.6) is 0 Å². The van der Waals surface area contributed by atoms with Crippen LogP contribution in [-0.4, -0.2) is 43.2 Å². The molecule has 0 saturated carbocycles. The van der Waals surface area contributed by atoms with Crippen molar-refractivity contribution in [2.24, 2.45) is 5.73 Å². The quantitative estimate of drug-likeness (QED) is 0.907. The van der Waals surface area contributed by atoms with Crippen LogP contribution in [0.4, 0.5) is 5.69 Å². The fourth-order valence-electron chi connectivity index (χ4n) is 2.75. The predicted molar refractivity (Wildman–Crippen MR) is 85.8 cm³/mol. The first-order chi connectivity index (χ1) is 8.85. The number of likely N-dealkylation sites (N-methyl/N-ethyl adjacent to an activating group) is 1. The summed E-state index contributed by atoms with van der Waals surface area (Å²) in [7, 11) is 2.19. The van der Waals surface area contributed by atoms with Gasteiger partial charge in [-0.3, -0.25) is 4.90 Å². The normalized spacial score (nSPS) is 23.7. The number of nitrogens with zero attached hydrogens (tertiary/aromatic N) is 2. The summed E-state index contributed by atoms with van der Waals surface area (Å²) in [5.74, 6) is 0. The van der Waals surface area contributed by atoms with Crippen molar-refractivity contribution in [2.45, 2.75) is 32.4 Å². The van der Waals surface area contributed by atoms with Crippen molar-refractivity contribution in [1.29, 1.82) is 0 Å². The maximum Gasteiger partial charge on any atom is 0.0540 e. The Kier molecular flexibility index (Phi) is 4.23.